The first-order chi connectivity index (χ1) is 6.83. The highest BCUT2D eigenvalue weighted by Gasteiger charge is 2.48. The molecule has 3 atom stereocenters. The van der Waals surface area contributed by atoms with E-state index in [1.54, 1.807) is 7.11 Å². The molecule has 0 spiro atoms. The Morgan fingerprint density at radius 3 is 2.53 bits per heavy atom. The minimum atomic E-state index is -0.0890. The third kappa shape index (κ3) is 2.71. The molecule has 0 aromatic rings. The Hall–Kier alpha value is -0.120. The topological polar surface area (TPSA) is 47.3 Å². The highest BCUT2D eigenvalue weighted by Crippen LogP contribution is 2.42. The normalized spacial score (nSPS) is 33.2. The lowest BCUT2D eigenvalue weighted by atomic mass is 9.64. The molecule has 0 aliphatic heterocycles. The number of hydrogen-bond acceptors (Lipinski definition) is 3. The Kier molecular flexibility index (Phi) is 3.80. The highest BCUT2D eigenvalue weighted by atomic mass is 16.5. The van der Waals surface area contributed by atoms with Crippen LogP contribution >= 0.6 is 0 Å². The lowest BCUT2D eigenvalue weighted by molar-refractivity contribution is -0.0982. The summed E-state index contributed by atoms with van der Waals surface area (Å²) in [6.07, 6.45) is 2.49. The van der Waals surface area contributed by atoms with Gasteiger partial charge in [0.25, 0.3) is 0 Å². The van der Waals surface area contributed by atoms with Crippen LogP contribution in [0.3, 0.4) is 0 Å². The molecule has 0 amide bonds. The molecular formula is C12H26N2O. The molecule has 3 nitrogen and oxygen atoms in total. The van der Waals surface area contributed by atoms with Crippen LogP contribution in [0.15, 0.2) is 0 Å². The molecule has 0 heterocycles. The van der Waals surface area contributed by atoms with Gasteiger partial charge in [0.2, 0.25) is 0 Å². The Bertz CT molecular complexity index is 214. The lowest BCUT2D eigenvalue weighted by Crippen LogP contribution is -2.63. The van der Waals surface area contributed by atoms with Gasteiger partial charge in [-0.1, -0.05) is 20.8 Å². The standard InChI is InChI=1S/C12H26N2O/c1-6-12(4,13)8-14-9-7-10(15-5)11(9,2)3/h9-10,14H,6-8,13H2,1-5H3. The first kappa shape index (κ1) is 12.9. The summed E-state index contributed by atoms with van der Waals surface area (Å²) < 4.78 is 5.42. The summed E-state index contributed by atoms with van der Waals surface area (Å²) in [5, 5.41) is 3.56. The molecule has 3 heteroatoms. The van der Waals surface area contributed by atoms with Crippen molar-refractivity contribution in [3.8, 4) is 0 Å². The van der Waals surface area contributed by atoms with Crippen molar-refractivity contribution in [2.24, 2.45) is 11.1 Å². The average molecular weight is 214 g/mol. The van der Waals surface area contributed by atoms with Crippen LogP contribution in [-0.2, 0) is 4.74 Å². The van der Waals surface area contributed by atoms with Crippen LogP contribution in [0.1, 0.15) is 40.5 Å². The van der Waals surface area contributed by atoms with Crippen LogP contribution in [0.25, 0.3) is 0 Å². The Morgan fingerprint density at radius 2 is 2.13 bits per heavy atom. The zero-order valence-corrected chi connectivity index (χ0v) is 10.8. The summed E-state index contributed by atoms with van der Waals surface area (Å²) in [6.45, 7) is 9.61. The molecule has 0 bridgehead atoms. The molecule has 0 aromatic carbocycles. The minimum absolute atomic E-state index is 0.0890. The van der Waals surface area contributed by atoms with Crippen molar-refractivity contribution < 1.29 is 4.74 Å². The van der Waals surface area contributed by atoms with Gasteiger partial charge in [-0.3, -0.25) is 0 Å². The van der Waals surface area contributed by atoms with Gasteiger partial charge < -0.3 is 15.8 Å². The molecule has 3 N–H and O–H groups in total. The number of nitrogens with one attached hydrogen (secondary N) is 1. The predicted octanol–water partition coefficient (Wildman–Crippen LogP) is 1.52. The van der Waals surface area contributed by atoms with Crippen LogP contribution < -0.4 is 11.1 Å². The number of hydrogen-bond donors (Lipinski definition) is 2. The first-order valence-corrected chi connectivity index (χ1v) is 5.88. The van der Waals surface area contributed by atoms with Crippen molar-refractivity contribution in [2.75, 3.05) is 13.7 Å². The van der Waals surface area contributed by atoms with Gasteiger partial charge in [-0.15, -0.1) is 0 Å². The van der Waals surface area contributed by atoms with Gasteiger partial charge in [-0.05, 0) is 19.8 Å². The van der Waals surface area contributed by atoms with E-state index in [4.69, 9.17) is 10.5 Å². The fourth-order valence-electron chi connectivity index (χ4n) is 2.11. The van der Waals surface area contributed by atoms with Crippen molar-refractivity contribution in [3.63, 3.8) is 0 Å². The smallest absolute Gasteiger partial charge is 0.0652 e. The van der Waals surface area contributed by atoms with E-state index in [2.05, 4.69) is 33.0 Å². The first-order valence-electron chi connectivity index (χ1n) is 5.88. The zero-order valence-electron chi connectivity index (χ0n) is 10.8. The van der Waals surface area contributed by atoms with Crippen molar-refractivity contribution in [3.05, 3.63) is 0 Å². The van der Waals surface area contributed by atoms with Crippen LogP contribution in [-0.4, -0.2) is 31.3 Å². The van der Waals surface area contributed by atoms with Gasteiger partial charge in [0.05, 0.1) is 6.10 Å². The minimum Gasteiger partial charge on any atom is -0.381 e. The van der Waals surface area contributed by atoms with E-state index in [0.29, 0.717) is 12.1 Å². The van der Waals surface area contributed by atoms with Crippen molar-refractivity contribution in [1.82, 2.24) is 5.32 Å². The quantitative estimate of drug-likeness (QED) is 0.729. The van der Waals surface area contributed by atoms with Crippen molar-refractivity contribution in [1.29, 1.82) is 0 Å². The second-order valence-corrected chi connectivity index (χ2v) is 5.72. The second-order valence-electron chi connectivity index (χ2n) is 5.72. The summed E-state index contributed by atoms with van der Waals surface area (Å²) in [7, 11) is 1.79. The molecule has 0 aromatic heterocycles. The van der Waals surface area contributed by atoms with Crippen LogP contribution in [0.2, 0.25) is 0 Å². The maximum absolute atomic E-state index is 6.11. The Morgan fingerprint density at radius 1 is 1.53 bits per heavy atom. The zero-order chi connectivity index (χ0) is 11.7. The van der Waals surface area contributed by atoms with E-state index in [1.807, 2.05) is 0 Å². The molecule has 1 aliphatic carbocycles. The van der Waals surface area contributed by atoms with Gasteiger partial charge in [0.15, 0.2) is 0 Å². The third-order valence-corrected chi connectivity index (χ3v) is 4.02. The van der Waals surface area contributed by atoms with E-state index in [-0.39, 0.29) is 11.0 Å². The Labute approximate surface area is 93.8 Å². The fourth-order valence-corrected chi connectivity index (χ4v) is 2.11. The second kappa shape index (κ2) is 4.40. The number of methoxy groups -OCH3 is 1. The molecule has 1 saturated carbocycles. The van der Waals surface area contributed by atoms with Crippen LogP contribution in [0.5, 0.6) is 0 Å². The highest BCUT2D eigenvalue weighted by molar-refractivity contribution is 5.03. The van der Waals surface area contributed by atoms with Gasteiger partial charge in [0.1, 0.15) is 0 Å². The molecule has 90 valence electrons. The SMILES string of the molecule is CCC(C)(N)CNC1CC(OC)C1(C)C. The molecule has 15 heavy (non-hydrogen) atoms. The Balaban J connectivity index is 2.37. The summed E-state index contributed by atoms with van der Waals surface area (Å²) >= 11 is 0. The molecule has 3 unspecified atom stereocenters. The van der Waals surface area contributed by atoms with E-state index in [1.165, 1.54) is 0 Å². The van der Waals surface area contributed by atoms with Gasteiger partial charge in [-0.2, -0.15) is 0 Å². The average Bonchev–Trinajstić information content (AvgIpc) is 2.16. The van der Waals surface area contributed by atoms with Gasteiger partial charge in [-0.25, -0.2) is 0 Å². The maximum Gasteiger partial charge on any atom is 0.0652 e. The van der Waals surface area contributed by atoms with E-state index >= 15 is 0 Å². The van der Waals surface area contributed by atoms with Crippen LogP contribution in [0.4, 0.5) is 0 Å². The van der Waals surface area contributed by atoms with Gasteiger partial charge in [0, 0.05) is 30.7 Å². The molecule has 1 fully saturated rings. The van der Waals surface area contributed by atoms with Crippen molar-refractivity contribution in [2.45, 2.75) is 58.2 Å². The summed E-state index contributed by atoms with van der Waals surface area (Å²) in [5.74, 6) is 0. The van der Waals surface area contributed by atoms with Crippen LogP contribution in [0, 0.1) is 5.41 Å². The fraction of sp³-hybridized carbons (Fsp3) is 1.00. The molecule has 0 radical (unpaired) electrons. The largest absolute Gasteiger partial charge is 0.381 e. The number of ether oxygens (including phenoxy) is 1. The van der Waals surface area contributed by atoms with Gasteiger partial charge >= 0.3 is 0 Å². The van der Waals surface area contributed by atoms with Crippen molar-refractivity contribution >= 4 is 0 Å². The summed E-state index contributed by atoms with van der Waals surface area (Å²) in [5.41, 5.74) is 6.25. The van der Waals surface area contributed by atoms with E-state index < -0.39 is 0 Å². The lowest BCUT2D eigenvalue weighted by Gasteiger charge is -2.52. The maximum atomic E-state index is 6.11. The molecule has 1 rings (SSSR count). The summed E-state index contributed by atoms with van der Waals surface area (Å²) in [6, 6.07) is 0.539. The number of nitrogens with two attached hydrogens (primary N) is 1. The third-order valence-electron chi connectivity index (χ3n) is 4.02. The molecular weight excluding hydrogens is 188 g/mol. The van der Waals surface area contributed by atoms with E-state index in [9.17, 15) is 0 Å². The van der Waals surface area contributed by atoms with E-state index in [0.717, 1.165) is 19.4 Å². The molecule has 0 saturated heterocycles. The monoisotopic (exact) mass is 214 g/mol. The summed E-state index contributed by atoms with van der Waals surface area (Å²) in [4.78, 5) is 0. The number of rotatable bonds is 5. The molecule has 1 aliphatic rings. The predicted molar refractivity (Wildman–Crippen MR) is 63.9 cm³/mol.